The van der Waals surface area contributed by atoms with E-state index in [1.807, 2.05) is 6.92 Å². The van der Waals surface area contributed by atoms with Crippen molar-refractivity contribution in [3.63, 3.8) is 0 Å². The molecule has 1 aromatic rings. The minimum absolute atomic E-state index is 0.241. The number of methoxy groups -OCH3 is 1. The van der Waals surface area contributed by atoms with E-state index in [1.54, 1.807) is 38.3 Å². The quantitative estimate of drug-likeness (QED) is 0.584. The first-order valence-electron chi connectivity index (χ1n) is 8.03. The van der Waals surface area contributed by atoms with E-state index in [0.29, 0.717) is 18.1 Å². The lowest BCUT2D eigenvalue weighted by Crippen LogP contribution is -2.36. The summed E-state index contributed by atoms with van der Waals surface area (Å²) in [6.07, 6.45) is 4.07. The van der Waals surface area contributed by atoms with Crippen LogP contribution in [0, 0.1) is 0 Å². The van der Waals surface area contributed by atoms with Crippen molar-refractivity contribution in [1.29, 1.82) is 0 Å². The summed E-state index contributed by atoms with van der Waals surface area (Å²) in [5, 5.41) is 2.80. The summed E-state index contributed by atoms with van der Waals surface area (Å²) in [5.74, 6) is 0.401. The SMILES string of the molecule is CCOc1ccc(/C=C/C(=O)O[C@@H](C)C(=O)NC2CC2)cc1OC. The molecule has 0 unspecified atom stereocenters. The predicted octanol–water partition coefficient (Wildman–Crippen LogP) is 2.32. The zero-order chi connectivity index (χ0) is 17.5. The molecule has 1 amide bonds. The zero-order valence-corrected chi connectivity index (χ0v) is 14.2. The van der Waals surface area contributed by atoms with Crippen LogP contribution in [0.2, 0.25) is 0 Å². The fourth-order valence-corrected chi connectivity index (χ4v) is 2.04. The molecule has 0 aliphatic heterocycles. The number of rotatable bonds is 8. The van der Waals surface area contributed by atoms with Crippen molar-refractivity contribution < 1.29 is 23.8 Å². The third kappa shape index (κ3) is 5.30. The highest BCUT2D eigenvalue weighted by molar-refractivity contribution is 5.90. The molecule has 2 rings (SSSR count). The third-order valence-corrected chi connectivity index (χ3v) is 3.49. The first-order valence-corrected chi connectivity index (χ1v) is 8.03. The number of benzene rings is 1. The van der Waals surface area contributed by atoms with Gasteiger partial charge in [-0.15, -0.1) is 0 Å². The van der Waals surface area contributed by atoms with Crippen LogP contribution in [0.25, 0.3) is 6.08 Å². The average Bonchev–Trinajstić information content (AvgIpc) is 3.38. The smallest absolute Gasteiger partial charge is 0.331 e. The number of ether oxygens (including phenoxy) is 3. The summed E-state index contributed by atoms with van der Waals surface area (Å²) in [5.41, 5.74) is 0.766. The highest BCUT2D eigenvalue weighted by Crippen LogP contribution is 2.28. The molecule has 1 fully saturated rings. The third-order valence-electron chi connectivity index (χ3n) is 3.49. The molecule has 6 heteroatoms. The summed E-state index contributed by atoms with van der Waals surface area (Å²) in [4.78, 5) is 23.6. The predicted molar refractivity (Wildman–Crippen MR) is 89.9 cm³/mol. The van der Waals surface area contributed by atoms with Crippen LogP contribution in [-0.2, 0) is 14.3 Å². The van der Waals surface area contributed by atoms with Crippen molar-refractivity contribution in [2.45, 2.75) is 38.8 Å². The van der Waals surface area contributed by atoms with E-state index in [0.717, 1.165) is 18.4 Å². The maximum atomic E-state index is 11.8. The number of nitrogens with one attached hydrogen (secondary N) is 1. The van der Waals surface area contributed by atoms with Gasteiger partial charge in [-0.2, -0.15) is 0 Å². The van der Waals surface area contributed by atoms with Gasteiger partial charge in [-0.25, -0.2) is 4.79 Å². The Kier molecular flexibility index (Phi) is 6.23. The first kappa shape index (κ1) is 17.8. The molecular weight excluding hydrogens is 310 g/mol. The molecule has 1 aliphatic rings. The van der Waals surface area contributed by atoms with E-state index in [1.165, 1.54) is 6.08 Å². The number of carbonyl (C=O) groups is 2. The molecule has 24 heavy (non-hydrogen) atoms. The van der Waals surface area contributed by atoms with Gasteiger partial charge in [-0.3, -0.25) is 4.79 Å². The van der Waals surface area contributed by atoms with Crippen molar-refractivity contribution in [2.75, 3.05) is 13.7 Å². The molecule has 1 atom stereocenters. The van der Waals surface area contributed by atoms with Crippen molar-refractivity contribution in [3.05, 3.63) is 29.8 Å². The number of hydrogen-bond donors (Lipinski definition) is 1. The molecular formula is C18H23NO5. The van der Waals surface area contributed by atoms with Crippen LogP contribution in [0.3, 0.4) is 0 Å². The van der Waals surface area contributed by atoms with E-state index >= 15 is 0 Å². The van der Waals surface area contributed by atoms with Gasteiger partial charge in [0.1, 0.15) is 0 Å². The molecule has 1 aliphatic carbocycles. The van der Waals surface area contributed by atoms with Crippen LogP contribution in [0.5, 0.6) is 11.5 Å². The lowest BCUT2D eigenvalue weighted by Gasteiger charge is -2.11. The average molecular weight is 333 g/mol. The van der Waals surface area contributed by atoms with Gasteiger partial charge in [0.05, 0.1) is 13.7 Å². The number of amides is 1. The highest BCUT2D eigenvalue weighted by atomic mass is 16.5. The second-order valence-electron chi connectivity index (χ2n) is 5.54. The van der Waals surface area contributed by atoms with Gasteiger partial charge >= 0.3 is 5.97 Å². The van der Waals surface area contributed by atoms with Crippen LogP contribution in [0.1, 0.15) is 32.3 Å². The minimum atomic E-state index is -0.808. The topological polar surface area (TPSA) is 73.9 Å². The fraction of sp³-hybridized carbons (Fsp3) is 0.444. The molecule has 0 bridgehead atoms. The van der Waals surface area contributed by atoms with Gasteiger partial charge in [0.25, 0.3) is 5.91 Å². The maximum absolute atomic E-state index is 11.8. The Morgan fingerprint density at radius 2 is 2.08 bits per heavy atom. The van der Waals surface area contributed by atoms with E-state index in [9.17, 15) is 9.59 Å². The van der Waals surface area contributed by atoms with Crippen LogP contribution >= 0.6 is 0 Å². The van der Waals surface area contributed by atoms with Crippen molar-refractivity contribution in [1.82, 2.24) is 5.32 Å². The molecule has 6 nitrogen and oxygen atoms in total. The van der Waals surface area contributed by atoms with Crippen molar-refractivity contribution in [3.8, 4) is 11.5 Å². The van der Waals surface area contributed by atoms with Crippen LogP contribution < -0.4 is 14.8 Å². The summed E-state index contributed by atoms with van der Waals surface area (Å²) in [6.45, 7) is 3.99. The number of hydrogen-bond acceptors (Lipinski definition) is 5. The normalized spacial score (nSPS) is 15.0. The maximum Gasteiger partial charge on any atom is 0.331 e. The van der Waals surface area contributed by atoms with Gasteiger partial charge in [0.15, 0.2) is 17.6 Å². The molecule has 130 valence electrons. The molecule has 0 aromatic heterocycles. The van der Waals surface area contributed by atoms with Crippen LogP contribution in [0.15, 0.2) is 24.3 Å². The Labute approximate surface area is 141 Å². The van der Waals surface area contributed by atoms with Crippen molar-refractivity contribution >= 4 is 18.0 Å². The largest absolute Gasteiger partial charge is 0.493 e. The Morgan fingerprint density at radius 1 is 1.33 bits per heavy atom. The molecule has 1 N–H and O–H groups in total. The Hall–Kier alpha value is -2.50. The molecule has 0 heterocycles. The van der Waals surface area contributed by atoms with Gasteiger partial charge < -0.3 is 19.5 Å². The Balaban J connectivity index is 1.91. The van der Waals surface area contributed by atoms with Crippen LogP contribution in [0.4, 0.5) is 0 Å². The monoisotopic (exact) mass is 333 g/mol. The summed E-state index contributed by atoms with van der Waals surface area (Å²) in [6, 6.07) is 5.59. The lowest BCUT2D eigenvalue weighted by atomic mass is 10.2. The van der Waals surface area contributed by atoms with Crippen LogP contribution in [-0.4, -0.2) is 37.7 Å². The fourth-order valence-electron chi connectivity index (χ4n) is 2.04. The van der Waals surface area contributed by atoms with Gasteiger partial charge in [-0.1, -0.05) is 6.07 Å². The van der Waals surface area contributed by atoms with Gasteiger partial charge in [-0.05, 0) is 50.5 Å². The van der Waals surface area contributed by atoms with Crippen molar-refractivity contribution in [2.24, 2.45) is 0 Å². The number of esters is 1. The summed E-state index contributed by atoms with van der Waals surface area (Å²) in [7, 11) is 1.56. The van der Waals surface area contributed by atoms with E-state index in [2.05, 4.69) is 5.32 Å². The summed E-state index contributed by atoms with van der Waals surface area (Å²) >= 11 is 0. The summed E-state index contributed by atoms with van der Waals surface area (Å²) < 4.78 is 15.8. The second kappa shape index (κ2) is 8.38. The Bertz CT molecular complexity index is 622. The van der Waals surface area contributed by atoms with E-state index in [-0.39, 0.29) is 11.9 Å². The number of carbonyl (C=O) groups excluding carboxylic acids is 2. The molecule has 1 aromatic carbocycles. The molecule has 0 saturated heterocycles. The zero-order valence-electron chi connectivity index (χ0n) is 14.2. The molecule has 0 spiro atoms. The second-order valence-corrected chi connectivity index (χ2v) is 5.54. The molecule has 1 saturated carbocycles. The first-order chi connectivity index (χ1) is 11.5. The Morgan fingerprint density at radius 3 is 2.71 bits per heavy atom. The van der Waals surface area contributed by atoms with E-state index < -0.39 is 12.1 Å². The molecule has 0 radical (unpaired) electrons. The standard InChI is InChI=1S/C18H23NO5/c1-4-23-15-9-5-13(11-16(15)22-3)6-10-17(20)24-12(2)18(21)19-14-7-8-14/h5-6,9-12,14H,4,7-8H2,1-3H3,(H,19,21)/b10-6+/t12-/m0/s1. The van der Waals surface area contributed by atoms with Gasteiger partial charge in [0.2, 0.25) is 0 Å². The van der Waals surface area contributed by atoms with Gasteiger partial charge in [0, 0.05) is 12.1 Å². The minimum Gasteiger partial charge on any atom is -0.493 e. The van der Waals surface area contributed by atoms with E-state index in [4.69, 9.17) is 14.2 Å². The highest BCUT2D eigenvalue weighted by Gasteiger charge is 2.26. The lowest BCUT2D eigenvalue weighted by molar-refractivity contribution is -0.150.